The maximum Gasteiger partial charge on any atom is 0.142 e. The van der Waals surface area contributed by atoms with Gasteiger partial charge >= 0.3 is 0 Å². The minimum atomic E-state index is 0.342. The van der Waals surface area contributed by atoms with Crippen molar-refractivity contribution in [3.05, 3.63) is 179 Å². The van der Waals surface area contributed by atoms with Crippen LogP contribution < -0.4 is 0 Å². The monoisotopic (exact) mass is 581 g/mol. The minimum absolute atomic E-state index is 0.342. The van der Waals surface area contributed by atoms with Gasteiger partial charge in [-0.05, 0) is 27.8 Å². The molecule has 220 valence electrons. The van der Waals surface area contributed by atoms with E-state index in [0.29, 0.717) is 32.7 Å². The van der Waals surface area contributed by atoms with Crippen LogP contribution in [0.5, 0.6) is 0 Å². The van der Waals surface area contributed by atoms with Gasteiger partial charge in [-0.15, -0.1) is 0 Å². The van der Waals surface area contributed by atoms with Crippen LogP contribution in [0.4, 0.5) is 0 Å². The minimum Gasteiger partial charge on any atom is -0.391 e. The van der Waals surface area contributed by atoms with Crippen LogP contribution in [-0.4, -0.2) is 17.1 Å². The number of nitrogens with zero attached hydrogens (tertiary/aromatic N) is 3. The van der Waals surface area contributed by atoms with Gasteiger partial charge in [-0.1, -0.05) is 167 Å². The second kappa shape index (κ2) is 16.8. The van der Waals surface area contributed by atoms with Crippen molar-refractivity contribution in [3.63, 3.8) is 0 Å². The standard InChI is InChI=1S/C38H35N3O3/c1-6-16-31(17-7-1)28-42-39-36(26-37(34-22-12-4-13-23-34)40-43-29-32-18-8-2-9-19-32)27-38(35-24-14-5-15-25-35)41-44-30-33-20-10-3-11-21-33/h1-25H,26-30H2. The van der Waals surface area contributed by atoms with E-state index in [1.807, 2.05) is 152 Å². The topological polar surface area (TPSA) is 64.8 Å². The quantitative estimate of drug-likeness (QED) is 0.0919. The zero-order chi connectivity index (χ0) is 30.1. The Bertz CT molecular complexity index is 1520. The van der Waals surface area contributed by atoms with Crippen molar-refractivity contribution in [3.8, 4) is 0 Å². The van der Waals surface area contributed by atoms with Gasteiger partial charge in [0.1, 0.15) is 19.8 Å². The molecule has 6 nitrogen and oxygen atoms in total. The summed E-state index contributed by atoms with van der Waals surface area (Å²) in [4.78, 5) is 17.6. The zero-order valence-electron chi connectivity index (χ0n) is 24.5. The molecule has 5 aromatic carbocycles. The first-order valence-electron chi connectivity index (χ1n) is 14.6. The van der Waals surface area contributed by atoms with Gasteiger partial charge in [0.25, 0.3) is 0 Å². The van der Waals surface area contributed by atoms with Crippen molar-refractivity contribution >= 4 is 17.1 Å². The van der Waals surface area contributed by atoms with Crippen molar-refractivity contribution in [2.75, 3.05) is 0 Å². The smallest absolute Gasteiger partial charge is 0.142 e. The lowest BCUT2D eigenvalue weighted by Crippen LogP contribution is -2.16. The molecule has 0 N–H and O–H groups in total. The Morgan fingerprint density at radius 2 is 0.659 bits per heavy atom. The van der Waals surface area contributed by atoms with E-state index < -0.39 is 0 Å². The third kappa shape index (κ3) is 9.81. The van der Waals surface area contributed by atoms with Crippen LogP contribution in [0.25, 0.3) is 0 Å². The highest BCUT2D eigenvalue weighted by atomic mass is 16.6. The summed E-state index contributed by atoms with van der Waals surface area (Å²) in [6.45, 7) is 1.06. The molecular weight excluding hydrogens is 546 g/mol. The van der Waals surface area contributed by atoms with E-state index in [4.69, 9.17) is 14.5 Å². The van der Waals surface area contributed by atoms with Crippen molar-refractivity contribution in [1.82, 2.24) is 0 Å². The van der Waals surface area contributed by atoms with Crippen LogP contribution in [0.2, 0.25) is 0 Å². The summed E-state index contributed by atoms with van der Waals surface area (Å²) in [7, 11) is 0. The van der Waals surface area contributed by atoms with E-state index in [2.05, 4.69) is 15.5 Å². The summed E-state index contributed by atoms with van der Waals surface area (Å²) in [6.07, 6.45) is 0.774. The lowest BCUT2D eigenvalue weighted by Gasteiger charge is -2.12. The van der Waals surface area contributed by atoms with Gasteiger partial charge in [0.2, 0.25) is 0 Å². The van der Waals surface area contributed by atoms with E-state index in [0.717, 1.165) is 45.0 Å². The van der Waals surface area contributed by atoms with E-state index in [9.17, 15) is 0 Å². The highest BCUT2D eigenvalue weighted by Gasteiger charge is 2.16. The molecule has 0 aliphatic rings. The third-order valence-corrected chi connectivity index (χ3v) is 6.72. The summed E-state index contributed by atoms with van der Waals surface area (Å²) in [6, 6.07) is 49.9. The van der Waals surface area contributed by atoms with Crippen molar-refractivity contribution in [2.24, 2.45) is 15.5 Å². The molecule has 0 atom stereocenters. The Morgan fingerprint density at radius 1 is 0.364 bits per heavy atom. The molecule has 0 saturated heterocycles. The molecular formula is C38H35N3O3. The van der Waals surface area contributed by atoms with Crippen LogP contribution in [0.1, 0.15) is 40.7 Å². The summed E-state index contributed by atoms with van der Waals surface area (Å²) in [5, 5.41) is 13.8. The van der Waals surface area contributed by atoms with Crippen molar-refractivity contribution in [2.45, 2.75) is 32.7 Å². The third-order valence-electron chi connectivity index (χ3n) is 6.72. The molecule has 0 radical (unpaired) electrons. The van der Waals surface area contributed by atoms with Gasteiger partial charge in [-0.25, -0.2) is 0 Å². The second-order valence-electron chi connectivity index (χ2n) is 10.1. The van der Waals surface area contributed by atoms with Crippen molar-refractivity contribution < 1.29 is 14.5 Å². The Kier molecular flexibility index (Phi) is 11.5. The average molecular weight is 582 g/mol. The van der Waals surface area contributed by atoms with Crippen LogP contribution in [-0.2, 0) is 34.3 Å². The molecule has 6 heteroatoms. The van der Waals surface area contributed by atoms with Crippen LogP contribution in [0, 0.1) is 0 Å². The highest BCUT2D eigenvalue weighted by molar-refractivity contribution is 6.19. The second-order valence-corrected chi connectivity index (χ2v) is 10.1. The Hall–Kier alpha value is -5.49. The highest BCUT2D eigenvalue weighted by Crippen LogP contribution is 2.15. The Morgan fingerprint density at radius 3 is 1.00 bits per heavy atom. The molecule has 0 saturated carbocycles. The molecule has 5 rings (SSSR count). The fourth-order valence-corrected chi connectivity index (χ4v) is 4.44. The van der Waals surface area contributed by atoms with Gasteiger partial charge < -0.3 is 14.5 Å². The molecule has 0 heterocycles. The molecule has 0 fully saturated rings. The maximum atomic E-state index is 5.90. The molecule has 0 unspecified atom stereocenters. The summed E-state index contributed by atoms with van der Waals surface area (Å²) >= 11 is 0. The summed E-state index contributed by atoms with van der Waals surface area (Å²) in [5.41, 5.74) is 7.20. The van der Waals surface area contributed by atoms with E-state index in [1.165, 1.54) is 0 Å². The van der Waals surface area contributed by atoms with Crippen LogP contribution in [0.15, 0.2) is 167 Å². The summed E-state index contributed by atoms with van der Waals surface area (Å²) < 4.78 is 0. The first-order valence-corrected chi connectivity index (χ1v) is 14.6. The Balaban J connectivity index is 1.41. The first kappa shape index (κ1) is 30.0. The fraction of sp³-hybridized carbons (Fsp3) is 0.132. The van der Waals surface area contributed by atoms with Gasteiger partial charge in [-0.3, -0.25) is 0 Å². The number of hydrogen-bond acceptors (Lipinski definition) is 6. The van der Waals surface area contributed by atoms with E-state index in [-0.39, 0.29) is 0 Å². The predicted octanol–water partition coefficient (Wildman–Crippen LogP) is 8.58. The molecule has 5 aromatic rings. The molecule has 0 aromatic heterocycles. The van der Waals surface area contributed by atoms with Crippen LogP contribution in [0.3, 0.4) is 0 Å². The average Bonchev–Trinajstić information content (AvgIpc) is 3.09. The number of benzene rings is 5. The summed E-state index contributed by atoms with van der Waals surface area (Å²) in [5.74, 6) is 0. The van der Waals surface area contributed by atoms with Gasteiger partial charge in [0.15, 0.2) is 0 Å². The largest absolute Gasteiger partial charge is 0.391 e. The van der Waals surface area contributed by atoms with Gasteiger partial charge in [-0.2, -0.15) is 0 Å². The molecule has 0 aliphatic heterocycles. The van der Waals surface area contributed by atoms with E-state index >= 15 is 0 Å². The maximum absolute atomic E-state index is 5.90. The van der Waals surface area contributed by atoms with Gasteiger partial charge in [0.05, 0.1) is 17.1 Å². The lowest BCUT2D eigenvalue weighted by atomic mass is 9.99. The normalized spacial score (nSPS) is 11.5. The lowest BCUT2D eigenvalue weighted by molar-refractivity contribution is 0.127. The van der Waals surface area contributed by atoms with E-state index in [1.54, 1.807) is 0 Å². The van der Waals surface area contributed by atoms with Crippen LogP contribution >= 0.6 is 0 Å². The number of hydrogen-bond donors (Lipinski definition) is 0. The Labute approximate surface area is 258 Å². The molecule has 44 heavy (non-hydrogen) atoms. The SMILES string of the molecule is c1ccc(CON=C(CC(=NOCc2ccccc2)c2ccccc2)CC(=NOCc2ccccc2)c2ccccc2)cc1. The predicted molar refractivity (Wildman–Crippen MR) is 176 cm³/mol. The van der Waals surface area contributed by atoms with Gasteiger partial charge in [0, 0.05) is 12.8 Å². The fourth-order valence-electron chi connectivity index (χ4n) is 4.44. The number of oxime groups is 3. The first-order chi connectivity index (χ1) is 21.8. The van der Waals surface area contributed by atoms with Crippen molar-refractivity contribution in [1.29, 1.82) is 0 Å². The molecule has 0 aliphatic carbocycles. The molecule has 0 bridgehead atoms. The molecule has 0 amide bonds. The number of rotatable bonds is 15. The zero-order valence-corrected chi connectivity index (χ0v) is 24.5. The molecule has 0 spiro atoms.